The Morgan fingerprint density at radius 2 is 1.72 bits per heavy atom. The summed E-state index contributed by atoms with van der Waals surface area (Å²) in [6, 6.07) is 3.09. The zero-order chi connectivity index (χ0) is 22.5. The molecule has 166 valence electrons. The molecule has 0 heterocycles. The number of hydrogen-bond acceptors (Lipinski definition) is 6. The fourth-order valence-corrected chi connectivity index (χ4v) is 3.75. The third-order valence-electron chi connectivity index (χ3n) is 3.91. The van der Waals surface area contributed by atoms with Crippen LogP contribution in [0.2, 0.25) is 5.02 Å². The summed E-state index contributed by atoms with van der Waals surface area (Å²) in [4.78, 5) is 11.5. The smallest absolute Gasteiger partial charge is 0.383 e. The molecule has 1 amide bonds. The number of sulfonamides is 1. The van der Waals surface area contributed by atoms with E-state index in [0.717, 1.165) is 22.5 Å². The highest BCUT2D eigenvalue weighted by atomic mass is 35.5. The molecule has 0 unspecified atom stereocenters. The van der Waals surface area contributed by atoms with Gasteiger partial charge in [0.2, 0.25) is 15.6 Å². The van der Waals surface area contributed by atoms with Crippen molar-refractivity contribution in [2.45, 2.75) is 23.6 Å². The maximum Gasteiger partial charge on any atom is 0.426 e. The van der Waals surface area contributed by atoms with E-state index >= 15 is 0 Å². The molecule has 13 heteroatoms. The van der Waals surface area contributed by atoms with Crippen LogP contribution in [0.25, 0.3) is 0 Å². The molecule has 0 radical (unpaired) electrons. The van der Waals surface area contributed by atoms with Gasteiger partial charge >= 0.3 is 6.18 Å². The fraction of sp³-hybridized carbons (Fsp3) is 0.562. The van der Waals surface area contributed by atoms with Crippen LogP contribution < -0.4 is 5.32 Å². The molecule has 0 spiro atoms. The average Bonchev–Trinajstić information content (AvgIpc) is 2.62. The number of nitrogens with zero attached hydrogens (tertiary/aromatic N) is 1. The number of carbonyl (C=O) groups excluding carboxylic acids is 1. The van der Waals surface area contributed by atoms with E-state index in [1.807, 2.05) is 5.32 Å². The quantitative estimate of drug-likeness (QED) is 0.550. The molecule has 0 aliphatic rings. The van der Waals surface area contributed by atoms with E-state index in [1.54, 1.807) is 0 Å². The van der Waals surface area contributed by atoms with Crippen LogP contribution in [0.5, 0.6) is 0 Å². The number of amides is 1. The van der Waals surface area contributed by atoms with Crippen LogP contribution in [0.1, 0.15) is 6.92 Å². The summed E-state index contributed by atoms with van der Waals surface area (Å²) >= 11 is 5.95. The number of halogens is 4. The lowest BCUT2D eigenvalue weighted by atomic mass is 10.1. The second-order valence-corrected chi connectivity index (χ2v) is 8.40. The van der Waals surface area contributed by atoms with Gasteiger partial charge in [-0.1, -0.05) is 11.6 Å². The molecule has 0 aromatic heterocycles. The molecule has 1 aromatic rings. The van der Waals surface area contributed by atoms with Gasteiger partial charge in [-0.25, -0.2) is 8.42 Å². The molecule has 2 N–H and O–H groups in total. The lowest BCUT2D eigenvalue weighted by Gasteiger charge is -2.25. The van der Waals surface area contributed by atoms with E-state index in [2.05, 4.69) is 0 Å². The first-order valence-electron chi connectivity index (χ1n) is 8.17. The Hall–Kier alpha value is -1.44. The van der Waals surface area contributed by atoms with E-state index in [9.17, 15) is 31.5 Å². The van der Waals surface area contributed by atoms with Crippen molar-refractivity contribution >= 4 is 33.2 Å². The molecule has 1 atom stereocenters. The number of methoxy groups -OCH3 is 2. The van der Waals surface area contributed by atoms with Crippen LogP contribution in [0.3, 0.4) is 0 Å². The number of alkyl halides is 3. The van der Waals surface area contributed by atoms with Crippen LogP contribution in [-0.4, -0.2) is 76.0 Å². The minimum atomic E-state index is -5.21. The lowest BCUT2D eigenvalue weighted by molar-refractivity contribution is -0.242. The molecule has 0 aliphatic heterocycles. The second kappa shape index (κ2) is 10.0. The van der Waals surface area contributed by atoms with Crippen molar-refractivity contribution in [2.75, 3.05) is 45.8 Å². The Bertz CT molecular complexity index is 809. The third-order valence-corrected chi connectivity index (χ3v) is 6.12. The van der Waals surface area contributed by atoms with Crippen molar-refractivity contribution in [3.05, 3.63) is 23.2 Å². The summed E-state index contributed by atoms with van der Waals surface area (Å²) in [5.41, 5.74) is -3.95. The largest absolute Gasteiger partial charge is 0.426 e. The van der Waals surface area contributed by atoms with Crippen molar-refractivity contribution in [3.8, 4) is 0 Å². The minimum Gasteiger partial charge on any atom is -0.383 e. The monoisotopic (exact) mass is 462 g/mol. The summed E-state index contributed by atoms with van der Waals surface area (Å²) in [7, 11) is -1.20. The van der Waals surface area contributed by atoms with Crippen LogP contribution in [0.15, 0.2) is 23.1 Å². The van der Waals surface area contributed by atoms with Gasteiger partial charge in [0.05, 0.1) is 28.8 Å². The molecule has 1 aromatic carbocycles. The summed E-state index contributed by atoms with van der Waals surface area (Å²) in [6.45, 7) is 0.604. The third kappa shape index (κ3) is 6.27. The number of hydrogen-bond donors (Lipinski definition) is 2. The number of anilines is 1. The SMILES string of the molecule is COCCN(CCOC)S(=O)(=O)c1ccc(NC(=O)[C@@](C)(O)C(F)(F)F)c(Cl)c1. The number of aliphatic hydroxyl groups is 1. The standard InChI is InChI=1S/C16H22ClF3N2O6S/c1-15(24,16(18,19)20)14(23)21-13-5-4-11(10-12(13)17)29(25,26)22(6-8-27-2)7-9-28-3/h4-5,10,24H,6-9H2,1-3H3,(H,21,23)/t15-/m1/s1. The molecule has 8 nitrogen and oxygen atoms in total. The number of carbonyl (C=O) groups is 1. The minimum absolute atomic E-state index is 0.0345. The molecule has 0 bridgehead atoms. The first-order chi connectivity index (χ1) is 13.3. The Morgan fingerprint density at radius 1 is 1.21 bits per heavy atom. The Morgan fingerprint density at radius 3 is 2.14 bits per heavy atom. The lowest BCUT2D eigenvalue weighted by Crippen LogP contribution is -2.52. The van der Waals surface area contributed by atoms with Gasteiger partial charge in [0, 0.05) is 27.3 Å². The first kappa shape index (κ1) is 25.6. The van der Waals surface area contributed by atoms with Gasteiger partial charge in [-0.05, 0) is 25.1 Å². The molecule has 0 aliphatic carbocycles. The zero-order valence-electron chi connectivity index (χ0n) is 15.9. The van der Waals surface area contributed by atoms with Crippen molar-refractivity contribution in [1.29, 1.82) is 0 Å². The summed E-state index contributed by atoms with van der Waals surface area (Å²) in [5.74, 6) is -1.76. The zero-order valence-corrected chi connectivity index (χ0v) is 17.5. The maximum absolute atomic E-state index is 12.8. The average molecular weight is 463 g/mol. The van der Waals surface area contributed by atoms with E-state index in [4.69, 9.17) is 21.1 Å². The van der Waals surface area contributed by atoms with Gasteiger partial charge in [0.15, 0.2) is 0 Å². The van der Waals surface area contributed by atoms with Crippen molar-refractivity contribution in [3.63, 3.8) is 0 Å². The highest BCUT2D eigenvalue weighted by Crippen LogP contribution is 2.33. The fourth-order valence-electron chi connectivity index (χ4n) is 2.02. The maximum atomic E-state index is 12.8. The normalized spacial score (nSPS) is 14.7. The highest BCUT2D eigenvalue weighted by Gasteiger charge is 2.55. The number of rotatable bonds is 10. The molecule has 1 rings (SSSR count). The van der Waals surface area contributed by atoms with E-state index in [0.29, 0.717) is 6.92 Å². The molecule has 0 saturated carbocycles. The van der Waals surface area contributed by atoms with Gasteiger partial charge in [0.1, 0.15) is 0 Å². The molecule has 29 heavy (non-hydrogen) atoms. The first-order valence-corrected chi connectivity index (χ1v) is 9.99. The predicted octanol–water partition coefficient (Wildman–Crippen LogP) is 1.88. The van der Waals surface area contributed by atoms with E-state index < -0.39 is 27.7 Å². The van der Waals surface area contributed by atoms with E-state index in [1.165, 1.54) is 14.2 Å². The molecular weight excluding hydrogens is 441 g/mol. The van der Waals surface area contributed by atoms with Crippen LogP contribution in [-0.2, 0) is 24.3 Å². The van der Waals surface area contributed by atoms with Gasteiger partial charge in [-0.2, -0.15) is 17.5 Å². The van der Waals surface area contributed by atoms with Crippen LogP contribution in [0.4, 0.5) is 18.9 Å². The number of ether oxygens (including phenoxy) is 2. The van der Waals surface area contributed by atoms with Crippen LogP contribution in [0, 0.1) is 0 Å². The Kier molecular flexibility index (Phi) is 8.87. The summed E-state index contributed by atoms with van der Waals surface area (Å²) in [5, 5.41) is 10.9. The van der Waals surface area contributed by atoms with Gasteiger partial charge in [0.25, 0.3) is 5.91 Å². The van der Waals surface area contributed by atoms with Gasteiger partial charge in [-0.15, -0.1) is 0 Å². The summed E-state index contributed by atoms with van der Waals surface area (Å²) in [6.07, 6.45) is -5.21. The van der Waals surface area contributed by atoms with Crippen molar-refractivity contribution < 1.29 is 41.0 Å². The number of nitrogens with one attached hydrogen (secondary N) is 1. The summed E-state index contributed by atoms with van der Waals surface area (Å²) < 4.78 is 74.7. The molecule has 0 fully saturated rings. The number of benzene rings is 1. The molecule has 0 saturated heterocycles. The van der Waals surface area contributed by atoms with Crippen molar-refractivity contribution in [1.82, 2.24) is 4.31 Å². The van der Waals surface area contributed by atoms with E-state index in [-0.39, 0.29) is 41.9 Å². The van der Waals surface area contributed by atoms with Gasteiger partial charge in [-0.3, -0.25) is 4.79 Å². The van der Waals surface area contributed by atoms with Crippen LogP contribution >= 0.6 is 11.6 Å². The Balaban J connectivity index is 3.13. The topological polar surface area (TPSA) is 105 Å². The molecular formula is C16H22ClF3N2O6S. The highest BCUT2D eigenvalue weighted by molar-refractivity contribution is 7.89. The Labute approximate surface area is 171 Å². The predicted molar refractivity (Wildman–Crippen MR) is 99.3 cm³/mol. The van der Waals surface area contributed by atoms with Gasteiger partial charge < -0.3 is 19.9 Å². The van der Waals surface area contributed by atoms with Crippen molar-refractivity contribution in [2.24, 2.45) is 0 Å². The second-order valence-electron chi connectivity index (χ2n) is 6.06.